The molecule has 0 amide bonds. The summed E-state index contributed by atoms with van der Waals surface area (Å²) in [6, 6.07) is 16.9. The van der Waals surface area contributed by atoms with Crippen molar-refractivity contribution < 1.29 is 4.39 Å². The van der Waals surface area contributed by atoms with Crippen LogP contribution < -0.4 is 5.32 Å². The van der Waals surface area contributed by atoms with Crippen molar-refractivity contribution in [1.29, 1.82) is 0 Å². The largest absolute Gasteiger partial charge is 0.308 e. The first-order valence-electron chi connectivity index (χ1n) is 6.67. The van der Waals surface area contributed by atoms with Gasteiger partial charge in [-0.1, -0.05) is 36.4 Å². The summed E-state index contributed by atoms with van der Waals surface area (Å²) in [7, 11) is 1.81. The number of pyridine rings is 1. The zero-order valence-corrected chi connectivity index (χ0v) is 13.1. The molecule has 0 fully saturated rings. The van der Waals surface area contributed by atoms with Gasteiger partial charge in [0.15, 0.2) is 0 Å². The van der Waals surface area contributed by atoms with Crippen LogP contribution in [0.5, 0.6) is 0 Å². The number of hydrogen-bond acceptors (Lipinski definition) is 2. The Morgan fingerprint density at radius 1 is 1.05 bits per heavy atom. The summed E-state index contributed by atoms with van der Waals surface area (Å²) >= 11 is 3.23. The van der Waals surface area contributed by atoms with E-state index in [2.05, 4.69) is 26.2 Å². The zero-order valence-electron chi connectivity index (χ0n) is 11.5. The van der Waals surface area contributed by atoms with Crippen molar-refractivity contribution in [2.45, 2.75) is 6.04 Å². The number of rotatable bonds is 3. The van der Waals surface area contributed by atoms with Crippen LogP contribution in [0.2, 0.25) is 0 Å². The van der Waals surface area contributed by atoms with E-state index in [1.165, 1.54) is 0 Å². The molecule has 4 heteroatoms. The molecule has 3 aromatic rings. The van der Waals surface area contributed by atoms with Crippen LogP contribution in [-0.2, 0) is 0 Å². The number of benzene rings is 2. The highest BCUT2D eigenvalue weighted by Gasteiger charge is 2.19. The van der Waals surface area contributed by atoms with E-state index in [1.54, 1.807) is 12.1 Å². The summed E-state index contributed by atoms with van der Waals surface area (Å²) in [5.74, 6) is -0.258. The predicted octanol–water partition coefficient (Wildman–Crippen LogP) is 4.45. The normalized spacial score (nSPS) is 12.5. The summed E-state index contributed by atoms with van der Waals surface area (Å²) in [4.78, 5) is 4.65. The number of hydrogen-bond donors (Lipinski definition) is 1. The number of halogens is 2. The Balaban J connectivity index is 2.11. The topological polar surface area (TPSA) is 24.9 Å². The van der Waals surface area contributed by atoms with Gasteiger partial charge in [0, 0.05) is 10.9 Å². The second-order valence-electron chi connectivity index (χ2n) is 4.79. The van der Waals surface area contributed by atoms with Crippen LogP contribution in [0.25, 0.3) is 10.9 Å². The van der Waals surface area contributed by atoms with Gasteiger partial charge in [-0.05, 0) is 41.2 Å². The van der Waals surface area contributed by atoms with Crippen LogP contribution in [-0.4, -0.2) is 12.0 Å². The number of aromatic nitrogens is 1. The van der Waals surface area contributed by atoms with E-state index < -0.39 is 0 Å². The van der Waals surface area contributed by atoms with Gasteiger partial charge in [-0.2, -0.15) is 0 Å². The molecule has 1 aromatic heterocycles. The van der Waals surface area contributed by atoms with Crippen molar-refractivity contribution in [2.75, 3.05) is 7.05 Å². The fourth-order valence-corrected chi connectivity index (χ4v) is 2.83. The summed E-state index contributed by atoms with van der Waals surface area (Å²) in [5.41, 5.74) is 2.29. The maximum atomic E-state index is 14.3. The van der Waals surface area contributed by atoms with Gasteiger partial charge in [0.1, 0.15) is 5.82 Å². The monoisotopic (exact) mass is 344 g/mol. The third-order valence-electron chi connectivity index (χ3n) is 3.50. The lowest BCUT2D eigenvalue weighted by Crippen LogP contribution is -2.20. The number of nitrogens with zero attached hydrogens (tertiary/aromatic N) is 1. The van der Waals surface area contributed by atoms with Crippen molar-refractivity contribution in [1.82, 2.24) is 10.3 Å². The molecule has 21 heavy (non-hydrogen) atoms. The van der Waals surface area contributed by atoms with E-state index in [0.29, 0.717) is 10.0 Å². The number of nitrogens with one attached hydrogen (secondary N) is 1. The first-order valence-corrected chi connectivity index (χ1v) is 7.47. The number of fused-ring (bicyclic) bond motifs is 1. The fourth-order valence-electron chi connectivity index (χ4n) is 2.45. The van der Waals surface area contributed by atoms with Crippen LogP contribution in [0.3, 0.4) is 0 Å². The second kappa shape index (κ2) is 5.92. The molecule has 1 atom stereocenters. The lowest BCUT2D eigenvalue weighted by Gasteiger charge is -2.18. The molecule has 3 rings (SSSR count). The van der Waals surface area contributed by atoms with Gasteiger partial charge in [0.25, 0.3) is 0 Å². The third-order valence-corrected chi connectivity index (χ3v) is 4.11. The van der Waals surface area contributed by atoms with E-state index >= 15 is 0 Å². The molecule has 0 aliphatic rings. The van der Waals surface area contributed by atoms with Crippen molar-refractivity contribution in [3.63, 3.8) is 0 Å². The van der Waals surface area contributed by atoms with E-state index in [1.807, 2.05) is 49.5 Å². The first-order chi connectivity index (χ1) is 10.2. The molecule has 0 aliphatic carbocycles. The third kappa shape index (κ3) is 2.69. The average molecular weight is 345 g/mol. The molecule has 1 heterocycles. The molecule has 0 saturated heterocycles. The summed E-state index contributed by atoms with van der Waals surface area (Å²) in [6.45, 7) is 0. The van der Waals surface area contributed by atoms with E-state index in [4.69, 9.17) is 0 Å². The molecule has 1 N–H and O–H groups in total. The van der Waals surface area contributed by atoms with E-state index in [9.17, 15) is 4.39 Å². The van der Waals surface area contributed by atoms with Crippen molar-refractivity contribution in [3.05, 3.63) is 76.1 Å². The molecule has 0 aliphatic heterocycles. The van der Waals surface area contributed by atoms with Gasteiger partial charge in [-0.15, -0.1) is 0 Å². The molecule has 106 valence electrons. The number of para-hydroxylation sites is 1. The molecule has 0 radical (unpaired) electrons. The summed E-state index contributed by atoms with van der Waals surface area (Å²) < 4.78 is 14.8. The van der Waals surface area contributed by atoms with Crippen molar-refractivity contribution in [3.8, 4) is 0 Å². The molecule has 0 spiro atoms. The Labute approximate surface area is 131 Å². The quantitative estimate of drug-likeness (QED) is 0.759. The maximum absolute atomic E-state index is 14.3. The van der Waals surface area contributed by atoms with Crippen molar-refractivity contribution >= 4 is 26.8 Å². The highest BCUT2D eigenvalue weighted by molar-refractivity contribution is 9.10. The van der Waals surface area contributed by atoms with Gasteiger partial charge in [-0.25, -0.2) is 4.39 Å². The highest BCUT2D eigenvalue weighted by atomic mass is 79.9. The Hall–Kier alpha value is -1.78. The Bertz CT molecular complexity index is 789. The summed E-state index contributed by atoms with van der Waals surface area (Å²) in [6.07, 6.45) is 0. The SMILES string of the molecule is CNC(c1ccc2ccccc2n1)c1cccc(Br)c1F. The lowest BCUT2D eigenvalue weighted by molar-refractivity contribution is 0.566. The van der Waals surface area contributed by atoms with Crippen LogP contribution in [0.4, 0.5) is 4.39 Å². The molecule has 2 nitrogen and oxygen atoms in total. The lowest BCUT2D eigenvalue weighted by atomic mass is 10.0. The van der Waals surface area contributed by atoms with Crippen LogP contribution in [0.15, 0.2) is 59.1 Å². The second-order valence-corrected chi connectivity index (χ2v) is 5.65. The molecule has 1 unspecified atom stereocenters. The van der Waals surface area contributed by atoms with Crippen LogP contribution in [0.1, 0.15) is 17.3 Å². The smallest absolute Gasteiger partial charge is 0.142 e. The van der Waals surface area contributed by atoms with Gasteiger partial charge in [0.05, 0.1) is 21.7 Å². The van der Waals surface area contributed by atoms with Crippen molar-refractivity contribution in [2.24, 2.45) is 0 Å². The minimum absolute atomic E-state index is 0.258. The highest BCUT2D eigenvalue weighted by Crippen LogP contribution is 2.28. The maximum Gasteiger partial charge on any atom is 0.142 e. The van der Waals surface area contributed by atoms with Gasteiger partial charge in [0.2, 0.25) is 0 Å². The molecule has 2 aromatic carbocycles. The van der Waals surface area contributed by atoms with E-state index in [-0.39, 0.29) is 11.9 Å². The Kier molecular flexibility index (Phi) is 3.99. The Morgan fingerprint density at radius 3 is 2.67 bits per heavy atom. The molecule has 0 saturated carbocycles. The standard InChI is InChI=1S/C17H14BrFN2/c1-20-17(12-6-4-7-13(18)16(12)19)15-10-9-11-5-2-3-8-14(11)21-15/h2-10,17,20H,1H3. The predicted molar refractivity (Wildman–Crippen MR) is 86.7 cm³/mol. The molecular weight excluding hydrogens is 331 g/mol. The molecule has 0 bridgehead atoms. The van der Waals surface area contributed by atoms with Gasteiger partial charge in [-0.3, -0.25) is 4.98 Å². The zero-order chi connectivity index (χ0) is 14.8. The van der Waals surface area contributed by atoms with Crippen LogP contribution >= 0.6 is 15.9 Å². The minimum atomic E-state index is -0.285. The fraction of sp³-hybridized carbons (Fsp3) is 0.118. The van der Waals surface area contributed by atoms with E-state index in [0.717, 1.165) is 16.6 Å². The summed E-state index contributed by atoms with van der Waals surface area (Å²) in [5, 5.41) is 4.22. The van der Waals surface area contributed by atoms with Gasteiger partial charge >= 0.3 is 0 Å². The minimum Gasteiger partial charge on any atom is -0.308 e. The van der Waals surface area contributed by atoms with Gasteiger partial charge < -0.3 is 5.32 Å². The molecular formula is C17H14BrFN2. The average Bonchev–Trinajstić information content (AvgIpc) is 2.52. The first kappa shape index (κ1) is 14.2. The Morgan fingerprint density at radius 2 is 1.86 bits per heavy atom. The van der Waals surface area contributed by atoms with Crippen LogP contribution in [0, 0.1) is 5.82 Å².